The summed E-state index contributed by atoms with van der Waals surface area (Å²) >= 11 is 0. The van der Waals surface area contributed by atoms with Crippen LogP contribution in [-0.4, -0.2) is 73.8 Å². The molecule has 0 saturated heterocycles. The molecule has 0 rings (SSSR count). The van der Waals surface area contributed by atoms with Gasteiger partial charge in [-0.25, -0.2) is 4.79 Å². The van der Waals surface area contributed by atoms with E-state index in [1.807, 2.05) is 48.5 Å². The van der Waals surface area contributed by atoms with Crippen molar-refractivity contribution in [2.24, 2.45) is 11.3 Å². The zero-order valence-corrected chi connectivity index (χ0v) is 22.0. The summed E-state index contributed by atoms with van der Waals surface area (Å²) in [6, 6.07) is -1.25. The smallest absolute Gasteiger partial charge is 0.333 e. The predicted octanol–water partition coefficient (Wildman–Crippen LogP) is 3.08. The quantitative estimate of drug-likeness (QED) is 0.298. The second-order valence-corrected chi connectivity index (χ2v) is 9.77. The lowest BCUT2D eigenvalue weighted by Crippen LogP contribution is -2.63. The lowest BCUT2D eigenvalue weighted by Gasteiger charge is -2.45. The van der Waals surface area contributed by atoms with Crippen LogP contribution in [0.15, 0.2) is 11.6 Å². The summed E-state index contributed by atoms with van der Waals surface area (Å²) in [6.45, 7) is 17.2. The summed E-state index contributed by atoms with van der Waals surface area (Å²) in [5, 5.41) is 3.10. The van der Waals surface area contributed by atoms with E-state index in [0.29, 0.717) is 18.4 Å². The molecule has 2 radical (unpaired) electrons. The Hall–Kier alpha value is -1.83. The van der Waals surface area contributed by atoms with Crippen LogP contribution in [0, 0.1) is 11.3 Å². The van der Waals surface area contributed by atoms with E-state index in [2.05, 4.69) is 5.32 Å². The van der Waals surface area contributed by atoms with E-state index in [9.17, 15) is 14.4 Å². The van der Waals surface area contributed by atoms with Crippen molar-refractivity contribution in [3.05, 3.63) is 11.6 Å². The zero-order valence-electron chi connectivity index (χ0n) is 22.0. The molecule has 0 aliphatic carbocycles. The van der Waals surface area contributed by atoms with Gasteiger partial charge in [-0.1, -0.05) is 54.5 Å². The molecule has 0 aromatic rings. The van der Waals surface area contributed by atoms with Crippen molar-refractivity contribution < 1.29 is 19.1 Å². The summed E-state index contributed by atoms with van der Waals surface area (Å²) in [5.74, 6) is -0.978. The number of hydrogen-bond acceptors (Lipinski definition) is 5. The molecule has 8 heteroatoms. The van der Waals surface area contributed by atoms with Gasteiger partial charge >= 0.3 is 5.97 Å². The van der Waals surface area contributed by atoms with Gasteiger partial charge in [0, 0.05) is 12.6 Å². The number of carbonyl (C=O) groups excluding carboxylic acids is 3. The lowest BCUT2D eigenvalue weighted by molar-refractivity contribution is -0.148. The number of hydrogen-bond donors (Lipinski definition) is 1. The van der Waals surface area contributed by atoms with Gasteiger partial charge in [0.15, 0.2) is 0 Å². The van der Waals surface area contributed by atoms with Gasteiger partial charge in [-0.15, -0.1) is 0 Å². The Bertz CT molecular complexity index is 673. The fourth-order valence-corrected chi connectivity index (χ4v) is 3.94. The standard InChI is InChI=1S/C24H44BN3O4/c1-12-24(13-2,26-10)22(31)28(25)19(23(7,8)9)20(29)27(11)18(16(4)5)15-17(6)21(30)32-14-3/h15-16,18-19,26H,12-14H2,1-11H3/b17-15+/t18-,19-/m1/s1. The third-order valence-electron chi connectivity index (χ3n) is 6.16. The number of carbonyl (C=O) groups is 3. The molecule has 2 amide bonds. The van der Waals surface area contributed by atoms with E-state index in [1.165, 1.54) is 0 Å². The van der Waals surface area contributed by atoms with Gasteiger partial charge in [-0.3, -0.25) is 9.59 Å². The van der Waals surface area contributed by atoms with Gasteiger partial charge in [0.05, 0.1) is 18.2 Å². The van der Waals surface area contributed by atoms with Crippen molar-refractivity contribution in [2.75, 3.05) is 20.7 Å². The Balaban J connectivity index is 6.21. The second kappa shape index (κ2) is 12.4. The monoisotopic (exact) mass is 449 g/mol. The summed E-state index contributed by atoms with van der Waals surface area (Å²) in [4.78, 5) is 41.9. The van der Waals surface area contributed by atoms with Crippen molar-refractivity contribution in [1.29, 1.82) is 0 Å². The number of nitrogens with one attached hydrogen (secondary N) is 1. The van der Waals surface area contributed by atoms with Crippen LogP contribution >= 0.6 is 0 Å². The Labute approximate surface area is 196 Å². The minimum Gasteiger partial charge on any atom is -0.463 e. The third-order valence-corrected chi connectivity index (χ3v) is 6.16. The first-order valence-corrected chi connectivity index (χ1v) is 11.5. The molecule has 0 spiro atoms. The van der Waals surface area contributed by atoms with Gasteiger partial charge in [0.25, 0.3) is 0 Å². The van der Waals surface area contributed by atoms with Gasteiger partial charge in [-0.2, -0.15) is 0 Å². The first kappa shape index (κ1) is 30.2. The van der Waals surface area contributed by atoms with Crippen LogP contribution in [0.25, 0.3) is 0 Å². The maximum Gasteiger partial charge on any atom is 0.333 e. The molecule has 32 heavy (non-hydrogen) atoms. The molecule has 0 aromatic carbocycles. The van der Waals surface area contributed by atoms with E-state index in [4.69, 9.17) is 12.7 Å². The molecule has 1 N–H and O–H groups in total. The maximum absolute atomic E-state index is 13.7. The van der Waals surface area contributed by atoms with Crippen molar-refractivity contribution in [3.8, 4) is 0 Å². The maximum atomic E-state index is 13.7. The molecule has 0 unspecified atom stereocenters. The highest BCUT2D eigenvalue weighted by Crippen LogP contribution is 2.29. The van der Waals surface area contributed by atoms with Crippen LogP contribution in [0.2, 0.25) is 0 Å². The lowest BCUT2D eigenvalue weighted by atomic mass is 9.80. The van der Waals surface area contributed by atoms with Crippen LogP contribution < -0.4 is 5.32 Å². The summed E-state index contributed by atoms with van der Waals surface area (Å²) in [6.07, 6.45) is 2.84. The summed E-state index contributed by atoms with van der Waals surface area (Å²) < 4.78 is 5.08. The summed E-state index contributed by atoms with van der Waals surface area (Å²) in [7, 11) is 9.79. The molecule has 2 atom stereocenters. The highest BCUT2D eigenvalue weighted by molar-refractivity contribution is 6.18. The highest BCUT2D eigenvalue weighted by Gasteiger charge is 2.44. The molecule has 0 aliphatic heterocycles. The van der Waals surface area contributed by atoms with Crippen molar-refractivity contribution in [1.82, 2.24) is 15.0 Å². The molecule has 0 heterocycles. The second-order valence-electron chi connectivity index (χ2n) is 9.77. The van der Waals surface area contributed by atoms with Crippen LogP contribution in [0.4, 0.5) is 0 Å². The molecule has 7 nitrogen and oxygen atoms in total. The van der Waals surface area contributed by atoms with Crippen molar-refractivity contribution in [2.45, 2.75) is 92.8 Å². The van der Waals surface area contributed by atoms with Gasteiger partial charge < -0.3 is 19.8 Å². The molecule has 0 fully saturated rings. The number of esters is 1. The van der Waals surface area contributed by atoms with Crippen molar-refractivity contribution >= 4 is 25.8 Å². The van der Waals surface area contributed by atoms with Crippen LogP contribution in [0.1, 0.15) is 75.2 Å². The number of ether oxygens (including phenoxy) is 1. The number of amides is 2. The predicted molar refractivity (Wildman–Crippen MR) is 130 cm³/mol. The van der Waals surface area contributed by atoms with Crippen molar-refractivity contribution in [3.63, 3.8) is 0 Å². The number of rotatable bonds is 11. The highest BCUT2D eigenvalue weighted by atomic mass is 16.5. The molecular weight excluding hydrogens is 405 g/mol. The van der Waals surface area contributed by atoms with E-state index in [0.717, 1.165) is 4.81 Å². The van der Waals surface area contributed by atoms with Crippen LogP contribution in [0.5, 0.6) is 0 Å². The van der Waals surface area contributed by atoms with E-state index < -0.39 is 23.0 Å². The van der Waals surface area contributed by atoms with E-state index in [-0.39, 0.29) is 30.4 Å². The topological polar surface area (TPSA) is 79.0 Å². The number of likely N-dealkylation sites (N-methyl/N-ethyl adjacent to an activating group) is 2. The first-order valence-electron chi connectivity index (χ1n) is 11.5. The normalized spacial score (nSPS) is 14.7. The molecule has 0 aliphatic rings. The Morgan fingerprint density at radius 1 is 1.09 bits per heavy atom. The van der Waals surface area contributed by atoms with E-state index >= 15 is 0 Å². The van der Waals surface area contributed by atoms with Gasteiger partial charge in [0.1, 0.15) is 6.04 Å². The average Bonchev–Trinajstić information content (AvgIpc) is 2.71. The third kappa shape index (κ3) is 7.09. The molecule has 0 aromatic heterocycles. The SMILES string of the molecule is [B]N(C(=O)C(CC)(CC)NC)[C@H](C(=O)N(C)[C@H](/C=C(\C)C(=O)OCC)C(C)C)C(C)(C)C. The number of nitrogens with zero attached hydrogens (tertiary/aromatic N) is 2. The first-order chi connectivity index (χ1) is 14.6. The molecule has 0 saturated carbocycles. The fourth-order valence-electron chi connectivity index (χ4n) is 3.94. The van der Waals surface area contributed by atoms with Crippen LogP contribution in [0.3, 0.4) is 0 Å². The van der Waals surface area contributed by atoms with E-state index in [1.54, 1.807) is 38.9 Å². The minimum atomic E-state index is -0.886. The summed E-state index contributed by atoms with van der Waals surface area (Å²) in [5.41, 5.74) is -1.02. The largest absolute Gasteiger partial charge is 0.463 e. The average molecular weight is 449 g/mol. The molecular formula is C24H44BN3O4. The Kier molecular flexibility index (Phi) is 11.7. The van der Waals surface area contributed by atoms with Crippen LogP contribution in [-0.2, 0) is 19.1 Å². The Morgan fingerprint density at radius 3 is 1.94 bits per heavy atom. The zero-order chi connectivity index (χ0) is 25.4. The Morgan fingerprint density at radius 2 is 1.59 bits per heavy atom. The molecule has 0 bridgehead atoms. The molecule has 182 valence electrons. The fraction of sp³-hybridized carbons (Fsp3) is 0.792. The van der Waals surface area contributed by atoms with Gasteiger partial charge in [0.2, 0.25) is 19.8 Å². The van der Waals surface area contributed by atoms with Gasteiger partial charge in [-0.05, 0) is 45.1 Å². The minimum absolute atomic E-state index is 0.0264.